The first kappa shape index (κ1) is 16.8. The molecule has 4 rings (SSSR count). The van der Waals surface area contributed by atoms with Gasteiger partial charge in [-0.1, -0.05) is 6.07 Å². The topological polar surface area (TPSA) is 53.0 Å². The molecule has 0 bridgehead atoms. The van der Waals surface area contributed by atoms with Gasteiger partial charge in [0.25, 0.3) is 5.91 Å². The minimum atomic E-state index is -0.395. The maximum atomic E-state index is 13.6. The lowest BCUT2D eigenvalue weighted by atomic mass is 9.88. The number of aromatic hydroxyl groups is 1. The molecular weight excluding hydrogens is 335 g/mol. The second-order valence-corrected chi connectivity index (χ2v) is 6.93. The van der Waals surface area contributed by atoms with Crippen LogP contribution >= 0.6 is 0 Å². The number of piperidine rings is 1. The predicted octanol–water partition coefficient (Wildman–Crippen LogP) is 2.93. The monoisotopic (exact) mass is 356 g/mol. The molecule has 2 aliphatic heterocycles. The van der Waals surface area contributed by atoms with Crippen LogP contribution in [0.5, 0.6) is 5.75 Å². The number of rotatable bonds is 2. The van der Waals surface area contributed by atoms with E-state index in [2.05, 4.69) is 4.90 Å². The van der Waals surface area contributed by atoms with Crippen molar-refractivity contribution >= 4 is 17.3 Å². The van der Waals surface area contributed by atoms with Gasteiger partial charge in [-0.05, 0) is 55.3 Å². The minimum Gasteiger partial charge on any atom is -0.508 e. The fourth-order valence-electron chi connectivity index (χ4n) is 3.73. The number of hydrogen-bond acceptors (Lipinski definition) is 4. The van der Waals surface area contributed by atoms with Gasteiger partial charge in [0.15, 0.2) is 0 Å². The highest BCUT2D eigenvalue weighted by atomic mass is 19.1. The van der Waals surface area contributed by atoms with E-state index >= 15 is 0 Å². The second kappa shape index (κ2) is 6.61. The Morgan fingerprint density at radius 3 is 2.46 bits per heavy atom. The molecule has 2 fully saturated rings. The lowest BCUT2D eigenvalue weighted by molar-refractivity contribution is -0.141. The Morgan fingerprint density at radius 2 is 1.77 bits per heavy atom. The highest BCUT2D eigenvalue weighted by molar-refractivity contribution is 5.95. The predicted molar refractivity (Wildman–Crippen MR) is 97.0 cm³/mol. The molecule has 1 N–H and O–H groups in total. The zero-order valence-corrected chi connectivity index (χ0v) is 14.4. The third-order valence-corrected chi connectivity index (χ3v) is 5.26. The van der Waals surface area contributed by atoms with E-state index in [9.17, 15) is 14.3 Å². The highest BCUT2D eigenvalue weighted by Crippen LogP contribution is 2.34. The van der Waals surface area contributed by atoms with Crippen LogP contribution in [0.25, 0.3) is 0 Å². The molecular formula is C20H21FN2O3. The van der Waals surface area contributed by atoms with Crippen molar-refractivity contribution in [2.75, 3.05) is 36.0 Å². The summed E-state index contributed by atoms with van der Waals surface area (Å²) in [7, 11) is 0. The minimum absolute atomic E-state index is 0.0235. The summed E-state index contributed by atoms with van der Waals surface area (Å²) < 4.78 is 19.5. The van der Waals surface area contributed by atoms with Gasteiger partial charge in [0.1, 0.15) is 18.2 Å². The number of hydrogen-bond donors (Lipinski definition) is 1. The Morgan fingerprint density at radius 1 is 1.04 bits per heavy atom. The largest absolute Gasteiger partial charge is 0.508 e. The van der Waals surface area contributed by atoms with Crippen molar-refractivity contribution in [2.45, 2.75) is 18.4 Å². The summed E-state index contributed by atoms with van der Waals surface area (Å²) in [5.74, 6) is -0.234. The van der Waals surface area contributed by atoms with Gasteiger partial charge in [-0.2, -0.15) is 0 Å². The van der Waals surface area contributed by atoms with E-state index in [0.717, 1.165) is 31.6 Å². The zero-order chi connectivity index (χ0) is 18.1. The molecule has 2 saturated heterocycles. The van der Waals surface area contributed by atoms with Crippen LogP contribution in [-0.4, -0.2) is 42.9 Å². The van der Waals surface area contributed by atoms with Crippen LogP contribution in [0.1, 0.15) is 12.8 Å². The molecule has 0 aliphatic carbocycles. The Balaban J connectivity index is 1.48. The lowest BCUT2D eigenvalue weighted by Gasteiger charge is -2.47. The quantitative estimate of drug-likeness (QED) is 0.899. The van der Waals surface area contributed by atoms with Crippen molar-refractivity contribution in [2.24, 2.45) is 0 Å². The van der Waals surface area contributed by atoms with Crippen LogP contribution < -0.4 is 9.80 Å². The standard InChI is InChI=1S/C20H21FN2O3/c21-15-2-1-3-17(12-15)23-14-20(26-13-19(23)25)8-10-22(11-9-20)16-4-6-18(24)7-5-16/h1-7,12,24H,8-11,13-14H2. The van der Waals surface area contributed by atoms with Gasteiger partial charge in [0, 0.05) is 24.5 Å². The van der Waals surface area contributed by atoms with E-state index in [1.807, 2.05) is 12.1 Å². The van der Waals surface area contributed by atoms with Crippen molar-refractivity contribution in [1.82, 2.24) is 0 Å². The second-order valence-electron chi connectivity index (χ2n) is 6.93. The van der Waals surface area contributed by atoms with Gasteiger partial charge < -0.3 is 19.6 Å². The Bertz CT molecular complexity index is 801. The average Bonchev–Trinajstić information content (AvgIpc) is 2.65. The van der Waals surface area contributed by atoms with Crippen molar-refractivity contribution in [3.05, 3.63) is 54.3 Å². The molecule has 2 aromatic rings. The number of morpholine rings is 1. The van der Waals surface area contributed by atoms with Gasteiger partial charge in [-0.3, -0.25) is 4.79 Å². The van der Waals surface area contributed by atoms with Crippen molar-refractivity contribution in [3.8, 4) is 5.75 Å². The van der Waals surface area contributed by atoms with Crippen LogP contribution in [0.4, 0.5) is 15.8 Å². The van der Waals surface area contributed by atoms with E-state index in [4.69, 9.17) is 4.74 Å². The van der Waals surface area contributed by atoms with Crippen LogP contribution in [0, 0.1) is 5.82 Å². The van der Waals surface area contributed by atoms with Crippen molar-refractivity contribution < 1.29 is 19.0 Å². The number of ether oxygens (including phenoxy) is 1. The van der Waals surface area contributed by atoms with E-state index < -0.39 is 5.60 Å². The van der Waals surface area contributed by atoms with Crippen molar-refractivity contribution in [1.29, 1.82) is 0 Å². The zero-order valence-electron chi connectivity index (χ0n) is 14.4. The van der Waals surface area contributed by atoms with Crippen LogP contribution in [-0.2, 0) is 9.53 Å². The highest BCUT2D eigenvalue weighted by Gasteiger charge is 2.42. The molecule has 2 aliphatic rings. The number of phenols is 1. The fourth-order valence-corrected chi connectivity index (χ4v) is 3.73. The van der Waals surface area contributed by atoms with E-state index in [1.165, 1.54) is 12.1 Å². The Labute approximate surface area is 151 Å². The smallest absolute Gasteiger partial charge is 0.253 e. The molecule has 26 heavy (non-hydrogen) atoms. The number of carbonyl (C=O) groups excluding carboxylic acids is 1. The summed E-state index contributed by atoms with van der Waals surface area (Å²) >= 11 is 0. The van der Waals surface area contributed by atoms with Gasteiger partial charge in [-0.15, -0.1) is 0 Å². The fraction of sp³-hybridized carbons (Fsp3) is 0.350. The number of nitrogens with zero attached hydrogens (tertiary/aromatic N) is 2. The van der Waals surface area contributed by atoms with Crippen LogP contribution in [0.15, 0.2) is 48.5 Å². The number of halogens is 1. The van der Waals surface area contributed by atoms with Crippen molar-refractivity contribution in [3.63, 3.8) is 0 Å². The first-order chi connectivity index (χ1) is 12.5. The maximum absolute atomic E-state index is 13.6. The summed E-state index contributed by atoms with van der Waals surface area (Å²) in [6.07, 6.45) is 1.57. The molecule has 136 valence electrons. The molecule has 5 nitrogen and oxygen atoms in total. The number of carbonyl (C=O) groups is 1. The van der Waals surface area contributed by atoms with E-state index in [1.54, 1.807) is 29.2 Å². The molecule has 0 saturated carbocycles. The lowest BCUT2D eigenvalue weighted by Crippen LogP contribution is -2.59. The molecule has 0 radical (unpaired) electrons. The summed E-state index contributed by atoms with van der Waals surface area (Å²) in [6, 6.07) is 13.3. The Kier molecular flexibility index (Phi) is 4.28. The van der Waals surface area contributed by atoms with Crippen LogP contribution in [0.3, 0.4) is 0 Å². The van der Waals surface area contributed by atoms with E-state index in [-0.39, 0.29) is 24.1 Å². The molecule has 1 spiro atoms. The third kappa shape index (κ3) is 3.24. The summed E-state index contributed by atoms with van der Waals surface area (Å²) in [6.45, 7) is 2.07. The first-order valence-corrected chi connectivity index (χ1v) is 8.79. The molecule has 0 unspecified atom stereocenters. The number of phenolic OH excluding ortho intramolecular Hbond substituents is 1. The average molecular weight is 356 g/mol. The maximum Gasteiger partial charge on any atom is 0.253 e. The normalized spacial score (nSPS) is 19.8. The van der Waals surface area contributed by atoms with Gasteiger partial charge in [0.05, 0.1) is 12.1 Å². The molecule has 0 aromatic heterocycles. The molecule has 2 aromatic carbocycles. The molecule has 2 heterocycles. The van der Waals surface area contributed by atoms with Gasteiger partial charge in [-0.25, -0.2) is 4.39 Å². The molecule has 0 atom stereocenters. The molecule has 6 heteroatoms. The van der Waals surface area contributed by atoms with Gasteiger partial charge >= 0.3 is 0 Å². The number of amides is 1. The van der Waals surface area contributed by atoms with E-state index in [0.29, 0.717) is 12.2 Å². The van der Waals surface area contributed by atoms with Crippen LogP contribution in [0.2, 0.25) is 0 Å². The number of anilines is 2. The van der Waals surface area contributed by atoms with Gasteiger partial charge in [0.2, 0.25) is 0 Å². The summed E-state index contributed by atoms with van der Waals surface area (Å²) in [5.41, 5.74) is 1.25. The summed E-state index contributed by atoms with van der Waals surface area (Å²) in [4.78, 5) is 16.2. The first-order valence-electron chi connectivity index (χ1n) is 8.79. The summed E-state index contributed by atoms with van der Waals surface area (Å²) in [5, 5.41) is 9.43. The Hall–Kier alpha value is -2.60. The third-order valence-electron chi connectivity index (χ3n) is 5.26. The molecule has 1 amide bonds. The SMILES string of the molecule is O=C1COC2(CCN(c3ccc(O)cc3)CC2)CN1c1cccc(F)c1. The number of benzene rings is 2.